The molecule has 1 aliphatic rings. The van der Waals surface area contributed by atoms with E-state index in [2.05, 4.69) is 49.7 Å². The van der Waals surface area contributed by atoms with E-state index in [0.717, 1.165) is 30.3 Å². The van der Waals surface area contributed by atoms with Crippen molar-refractivity contribution in [3.63, 3.8) is 0 Å². The third-order valence-electron chi connectivity index (χ3n) is 4.83. The monoisotopic (exact) mass is 379 g/mol. The average Bonchev–Trinajstić information content (AvgIpc) is 3.41. The Bertz CT molecular complexity index is 914. The minimum Gasteiger partial charge on any atom is -0.370 e. The van der Waals surface area contributed by atoms with Crippen molar-refractivity contribution in [2.24, 2.45) is 12.0 Å². The van der Waals surface area contributed by atoms with Crippen LogP contribution in [-0.4, -0.2) is 57.2 Å². The molecule has 1 saturated heterocycles. The zero-order valence-corrected chi connectivity index (χ0v) is 16.2. The molecule has 1 aliphatic heterocycles. The van der Waals surface area contributed by atoms with Gasteiger partial charge in [0, 0.05) is 51.3 Å². The van der Waals surface area contributed by atoms with Crippen LogP contribution in [0, 0.1) is 0 Å². The van der Waals surface area contributed by atoms with Gasteiger partial charge in [0.1, 0.15) is 6.10 Å². The van der Waals surface area contributed by atoms with E-state index < -0.39 is 0 Å². The molecule has 8 heteroatoms. The van der Waals surface area contributed by atoms with Gasteiger partial charge < -0.3 is 15.0 Å². The van der Waals surface area contributed by atoms with Crippen molar-refractivity contribution in [2.45, 2.75) is 12.6 Å². The molecule has 3 aromatic rings. The van der Waals surface area contributed by atoms with Crippen LogP contribution in [0.4, 0.5) is 0 Å². The summed E-state index contributed by atoms with van der Waals surface area (Å²) in [6.45, 7) is 2.94. The number of aromatic nitrogens is 4. The molecular weight excluding hydrogens is 354 g/mol. The van der Waals surface area contributed by atoms with E-state index in [1.165, 1.54) is 5.56 Å². The fourth-order valence-electron chi connectivity index (χ4n) is 3.35. The second-order valence-electron chi connectivity index (χ2n) is 6.77. The highest BCUT2D eigenvalue weighted by molar-refractivity contribution is 5.80. The molecule has 8 nitrogen and oxygen atoms in total. The number of guanidine groups is 1. The molecule has 0 bridgehead atoms. The first-order valence-corrected chi connectivity index (χ1v) is 9.37. The second kappa shape index (κ2) is 8.26. The van der Waals surface area contributed by atoms with Gasteiger partial charge >= 0.3 is 0 Å². The zero-order valence-electron chi connectivity index (χ0n) is 16.2. The van der Waals surface area contributed by atoms with Crippen molar-refractivity contribution >= 4 is 5.96 Å². The molecule has 1 aromatic carbocycles. The Morgan fingerprint density at radius 2 is 2.14 bits per heavy atom. The predicted molar refractivity (Wildman–Crippen MR) is 107 cm³/mol. The van der Waals surface area contributed by atoms with Crippen LogP contribution in [-0.2, 0) is 18.3 Å². The van der Waals surface area contributed by atoms with Gasteiger partial charge in [-0.15, -0.1) is 0 Å². The minimum absolute atomic E-state index is 0.00866. The normalized spacial score (nSPS) is 17.7. The molecule has 0 spiro atoms. The van der Waals surface area contributed by atoms with E-state index in [-0.39, 0.29) is 6.10 Å². The molecule has 1 N–H and O–H groups in total. The summed E-state index contributed by atoms with van der Waals surface area (Å²) in [4.78, 5) is 6.69. The average molecular weight is 379 g/mol. The van der Waals surface area contributed by atoms with E-state index in [1.807, 2.05) is 43.4 Å². The third kappa shape index (κ3) is 4.07. The lowest BCUT2D eigenvalue weighted by Crippen LogP contribution is -2.47. The van der Waals surface area contributed by atoms with Crippen molar-refractivity contribution in [3.05, 3.63) is 66.2 Å². The van der Waals surface area contributed by atoms with Gasteiger partial charge in [-0.3, -0.25) is 9.67 Å². The molecule has 1 unspecified atom stereocenters. The summed E-state index contributed by atoms with van der Waals surface area (Å²) in [6, 6.07) is 10.3. The molecule has 2 aromatic heterocycles. The summed E-state index contributed by atoms with van der Waals surface area (Å²) in [6.07, 6.45) is 7.60. The molecule has 0 radical (unpaired) electrons. The fourth-order valence-corrected chi connectivity index (χ4v) is 3.35. The first-order chi connectivity index (χ1) is 13.7. The number of aryl methyl sites for hydroxylation is 1. The Morgan fingerprint density at radius 3 is 2.82 bits per heavy atom. The molecule has 1 atom stereocenters. The Kier molecular flexibility index (Phi) is 5.38. The van der Waals surface area contributed by atoms with E-state index in [4.69, 9.17) is 4.74 Å². The molecule has 0 aliphatic carbocycles. The quantitative estimate of drug-likeness (QED) is 0.552. The first kappa shape index (κ1) is 18.2. The van der Waals surface area contributed by atoms with E-state index in [1.54, 1.807) is 10.9 Å². The summed E-state index contributed by atoms with van der Waals surface area (Å²) in [7, 11) is 3.74. The number of hydrogen-bond donors (Lipinski definition) is 1. The molecule has 28 heavy (non-hydrogen) atoms. The molecule has 0 amide bonds. The summed E-state index contributed by atoms with van der Waals surface area (Å²) >= 11 is 0. The topological polar surface area (TPSA) is 72.5 Å². The number of hydrogen-bond acceptors (Lipinski definition) is 4. The molecular formula is C20H25N7O. The molecule has 0 saturated carbocycles. The van der Waals surface area contributed by atoms with Gasteiger partial charge in [-0.05, 0) is 23.8 Å². The Morgan fingerprint density at radius 1 is 1.29 bits per heavy atom. The maximum absolute atomic E-state index is 5.93. The van der Waals surface area contributed by atoms with Gasteiger partial charge in [0.2, 0.25) is 0 Å². The Labute approximate surface area is 164 Å². The predicted octanol–water partition coefficient (Wildman–Crippen LogP) is 1.75. The third-order valence-corrected chi connectivity index (χ3v) is 4.83. The van der Waals surface area contributed by atoms with Crippen molar-refractivity contribution in [3.8, 4) is 5.69 Å². The lowest BCUT2D eigenvalue weighted by Gasteiger charge is -2.34. The number of aliphatic imine (C=N–C) groups is 1. The number of nitrogens with one attached hydrogen (secondary N) is 1. The number of morpholine rings is 1. The van der Waals surface area contributed by atoms with Gasteiger partial charge in [-0.25, -0.2) is 4.68 Å². The van der Waals surface area contributed by atoms with Crippen molar-refractivity contribution in [1.82, 2.24) is 29.8 Å². The first-order valence-electron chi connectivity index (χ1n) is 9.37. The van der Waals surface area contributed by atoms with Gasteiger partial charge in [-0.2, -0.15) is 10.2 Å². The maximum Gasteiger partial charge on any atom is 0.194 e. The van der Waals surface area contributed by atoms with Crippen LogP contribution in [0.1, 0.15) is 17.2 Å². The summed E-state index contributed by atoms with van der Waals surface area (Å²) in [5, 5.41) is 12.0. The van der Waals surface area contributed by atoms with Crippen LogP contribution >= 0.6 is 0 Å². The highest BCUT2D eigenvalue weighted by atomic mass is 16.5. The number of nitrogens with zero attached hydrogens (tertiary/aromatic N) is 6. The number of benzene rings is 1. The van der Waals surface area contributed by atoms with Crippen molar-refractivity contribution < 1.29 is 4.74 Å². The molecule has 146 valence electrons. The van der Waals surface area contributed by atoms with Crippen LogP contribution in [0.5, 0.6) is 0 Å². The number of ether oxygens (including phenoxy) is 1. The molecule has 3 heterocycles. The SMILES string of the molecule is CN=C(NCc1ccc(-n2cccn2)cc1)N1CCOC(c2cnn(C)c2)C1. The van der Waals surface area contributed by atoms with Crippen molar-refractivity contribution in [2.75, 3.05) is 26.7 Å². The lowest BCUT2D eigenvalue weighted by molar-refractivity contribution is -0.00805. The lowest BCUT2D eigenvalue weighted by atomic mass is 10.1. The zero-order chi connectivity index (χ0) is 19.3. The maximum atomic E-state index is 5.93. The van der Waals surface area contributed by atoms with E-state index in [9.17, 15) is 0 Å². The van der Waals surface area contributed by atoms with E-state index >= 15 is 0 Å². The van der Waals surface area contributed by atoms with Crippen LogP contribution in [0.25, 0.3) is 5.69 Å². The largest absolute Gasteiger partial charge is 0.370 e. The fraction of sp³-hybridized carbons (Fsp3) is 0.350. The van der Waals surface area contributed by atoms with Crippen LogP contribution in [0.3, 0.4) is 0 Å². The minimum atomic E-state index is 0.00866. The van der Waals surface area contributed by atoms with Gasteiger partial charge in [0.15, 0.2) is 5.96 Å². The second-order valence-corrected chi connectivity index (χ2v) is 6.77. The van der Waals surface area contributed by atoms with E-state index in [0.29, 0.717) is 13.2 Å². The summed E-state index contributed by atoms with van der Waals surface area (Å²) in [5.74, 6) is 0.883. The Balaban J connectivity index is 1.36. The van der Waals surface area contributed by atoms with Crippen LogP contribution < -0.4 is 5.32 Å². The molecule has 4 rings (SSSR count). The number of rotatable bonds is 4. The van der Waals surface area contributed by atoms with Crippen LogP contribution in [0.15, 0.2) is 60.1 Å². The molecule has 1 fully saturated rings. The standard InChI is InChI=1S/C20H25N7O/c1-21-20(26-10-11-28-19(15-26)17-13-24-25(2)14-17)22-12-16-4-6-18(7-5-16)27-9-3-8-23-27/h3-9,13-14,19H,10-12,15H2,1-2H3,(H,21,22). The Hall–Kier alpha value is -3.13. The summed E-state index contributed by atoms with van der Waals surface area (Å²) in [5.41, 5.74) is 3.33. The highest BCUT2D eigenvalue weighted by Crippen LogP contribution is 2.21. The summed E-state index contributed by atoms with van der Waals surface area (Å²) < 4.78 is 9.58. The van der Waals surface area contributed by atoms with Crippen molar-refractivity contribution in [1.29, 1.82) is 0 Å². The van der Waals surface area contributed by atoms with Gasteiger partial charge in [0.05, 0.1) is 25.0 Å². The smallest absolute Gasteiger partial charge is 0.194 e. The van der Waals surface area contributed by atoms with Gasteiger partial charge in [-0.1, -0.05) is 12.1 Å². The highest BCUT2D eigenvalue weighted by Gasteiger charge is 2.25. The van der Waals surface area contributed by atoms with Gasteiger partial charge in [0.25, 0.3) is 0 Å². The van der Waals surface area contributed by atoms with Crippen LogP contribution in [0.2, 0.25) is 0 Å².